The molecule has 0 spiro atoms. The Hall–Kier alpha value is -2.50. The number of nitrogens with zero attached hydrogens (tertiary/aromatic N) is 1. The Kier molecular flexibility index (Phi) is 8.54. The van der Waals surface area contributed by atoms with Crippen LogP contribution in [0.15, 0.2) is 29.2 Å². The predicted molar refractivity (Wildman–Crippen MR) is 112 cm³/mol. The van der Waals surface area contributed by atoms with Gasteiger partial charge in [0.2, 0.25) is 10.0 Å². The second-order valence-corrected chi connectivity index (χ2v) is 9.77. The second kappa shape index (κ2) is 10.7. The maximum absolute atomic E-state index is 13.0. The zero-order chi connectivity index (χ0) is 23.2. The van der Waals surface area contributed by atoms with Crippen molar-refractivity contribution in [2.45, 2.75) is 44.8 Å². The molecule has 1 heterocycles. The molecule has 1 aromatic rings. The maximum atomic E-state index is 13.0. The van der Waals surface area contributed by atoms with Gasteiger partial charge in [0.1, 0.15) is 0 Å². The summed E-state index contributed by atoms with van der Waals surface area (Å²) < 4.78 is 37.7. The van der Waals surface area contributed by atoms with Crippen LogP contribution in [0.4, 0.5) is 4.79 Å². The fraction of sp³-hybridized carbons (Fsp3) is 0.550. The van der Waals surface area contributed by atoms with Crippen LogP contribution in [-0.2, 0) is 24.3 Å². The van der Waals surface area contributed by atoms with E-state index in [0.717, 1.165) is 0 Å². The predicted octanol–water partition coefficient (Wildman–Crippen LogP) is 1.12. The lowest BCUT2D eigenvalue weighted by Gasteiger charge is -2.34. The number of nitrogens with one attached hydrogen (secondary N) is 2. The van der Waals surface area contributed by atoms with Crippen LogP contribution in [0.2, 0.25) is 0 Å². The van der Waals surface area contributed by atoms with Gasteiger partial charge in [-0.05, 0) is 38.0 Å². The topological polar surface area (TPSA) is 131 Å². The Labute approximate surface area is 182 Å². The molecule has 0 saturated carbocycles. The molecule has 0 radical (unpaired) electrons. The summed E-state index contributed by atoms with van der Waals surface area (Å²) in [5.74, 6) is -1.46. The van der Waals surface area contributed by atoms with Crippen LogP contribution in [-0.4, -0.2) is 69.1 Å². The van der Waals surface area contributed by atoms with Crippen molar-refractivity contribution in [2.24, 2.45) is 5.92 Å². The first-order chi connectivity index (χ1) is 14.5. The molecule has 1 aliphatic rings. The van der Waals surface area contributed by atoms with Crippen LogP contribution >= 0.6 is 0 Å². The van der Waals surface area contributed by atoms with Gasteiger partial charge in [-0.1, -0.05) is 19.9 Å². The molecule has 10 nitrogen and oxygen atoms in total. The number of hydrogen-bond acceptors (Lipinski definition) is 7. The molecule has 2 rings (SSSR count). The van der Waals surface area contributed by atoms with Gasteiger partial charge in [-0.3, -0.25) is 10.1 Å². The Balaban J connectivity index is 1.98. The molecule has 1 fully saturated rings. The summed E-state index contributed by atoms with van der Waals surface area (Å²) in [5.41, 5.74) is -0.0208. The summed E-state index contributed by atoms with van der Waals surface area (Å²) in [7, 11) is -3.83. The Morgan fingerprint density at radius 1 is 1.19 bits per heavy atom. The summed E-state index contributed by atoms with van der Waals surface area (Å²) >= 11 is 0. The molecule has 31 heavy (non-hydrogen) atoms. The van der Waals surface area contributed by atoms with Crippen molar-refractivity contribution in [3.63, 3.8) is 0 Å². The minimum atomic E-state index is -3.83. The third-order valence-corrected chi connectivity index (χ3v) is 6.18. The van der Waals surface area contributed by atoms with E-state index in [1.165, 1.54) is 28.6 Å². The van der Waals surface area contributed by atoms with Crippen molar-refractivity contribution >= 4 is 27.9 Å². The normalized spacial score (nSPS) is 19.6. The van der Waals surface area contributed by atoms with Crippen molar-refractivity contribution in [3.8, 4) is 0 Å². The van der Waals surface area contributed by atoms with Gasteiger partial charge in [0.05, 0.1) is 22.7 Å². The molecule has 3 amide bonds. The van der Waals surface area contributed by atoms with Crippen LogP contribution in [0.1, 0.15) is 38.1 Å². The number of hydrogen-bond donors (Lipinski definition) is 2. The number of sulfonamides is 1. The highest BCUT2D eigenvalue weighted by Gasteiger charge is 2.32. The van der Waals surface area contributed by atoms with Crippen LogP contribution < -0.4 is 10.6 Å². The number of imide groups is 1. The molecule has 2 N–H and O–H groups in total. The third-order valence-electron chi connectivity index (χ3n) is 4.35. The molecule has 2 unspecified atom stereocenters. The van der Waals surface area contributed by atoms with Gasteiger partial charge in [-0.2, -0.15) is 4.31 Å². The van der Waals surface area contributed by atoms with E-state index in [4.69, 9.17) is 9.47 Å². The quantitative estimate of drug-likeness (QED) is 0.589. The maximum Gasteiger partial charge on any atom is 0.338 e. The van der Waals surface area contributed by atoms with E-state index >= 15 is 0 Å². The molecular weight excluding hydrogens is 426 g/mol. The number of amides is 3. The van der Waals surface area contributed by atoms with Crippen LogP contribution in [0.25, 0.3) is 0 Å². The van der Waals surface area contributed by atoms with E-state index in [2.05, 4.69) is 5.32 Å². The van der Waals surface area contributed by atoms with Gasteiger partial charge in [0.15, 0.2) is 6.61 Å². The monoisotopic (exact) mass is 455 g/mol. The van der Waals surface area contributed by atoms with Gasteiger partial charge >= 0.3 is 12.0 Å². The highest BCUT2D eigenvalue weighted by atomic mass is 32.2. The molecule has 11 heteroatoms. The van der Waals surface area contributed by atoms with Crippen LogP contribution in [0.3, 0.4) is 0 Å². The first kappa shape index (κ1) is 24.8. The zero-order valence-corrected chi connectivity index (χ0v) is 18.9. The first-order valence-corrected chi connectivity index (χ1v) is 11.4. The number of benzene rings is 1. The van der Waals surface area contributed by atoms with Gasteiger partial charge in [0, 0.05) is 19.6 Å². The van der Waals surface area contributed by atoms with Gasteiger partial charge in [-0.25, -0.2) is 18.0 Å². The average molecular weight is 456 g/mol. The molecule has 2 atom stereocenters. The smallest absolute Gasteiger partial charge is 0.338 e. The van der Waals surface area contributed by atoms with Crippen molar-refractivity contribution in [1.82, 2.24) is 14.9 Å². The highest BCUT2D eigenvalue weighted by molar-refractivity contribution is 7.89. The molecule has 0 aromatic heterocycles. The Bertz CT molecular complexity index is 907. The number of morpholine rings is 1. The summed E-state index contributed by atoms with van der Waals surface area (Å²) in [6.07, 6.45) is -0.495. The van der Waals surface area contributed by atoms with Crippen molar-refractivity contribution < 1.29 is 32.3 Å². The van der Waals surface area contributed by atoms with Crippen molar-refractivity contribution in [3.05, 3.63) is 29.8 Å². The first-order valence-electron chi connectivity index (χ1n) is 9.99. The molecule has 1 aliphatic heterocycles. The zero-order valence-electron chi connectivity index (χ0n) is 18.1. The molecule has 1 aromatic carbocycles. The van der Waals surface area contributed by atoms with E-state index in [0.29, 0.717) is 6.54 Å². The van der Waals surface area contributed by atoms with E-state index in [9.17, 15) is 22.8 Å². The summed E-state index contributed by atoms with van der Waals surface area (Å²) in [6, 6.07) is 4.73. The lowest BCUT2D eigenvalue weighted by molar-refractivity contribution is -0.123. The van der Waals surface area contributed by atoms with E-state index in [1.807, 2.05) is 19.2 Å². The number of carbonyl (C=O) groups excluding carboxylic acids is 3. The molecule has 1 saturated heterocycles. The number of ether oxygens (including phenoxy) is 2. The fourth-order valence-corrected chi connectivity index (χ4v) is 4.61. The summed E-state index contributed by atoms with van der Waals surface area (Å²) in [4.78, 5) is 35.5. The Morgan fingerprint density at radius 2 is 1.84 bits per heavy atom. The standard InChI is InChI=1S/C20H29N3O7S/c1-13(2)9-21-20(26)22-18(24)12-29-19(25)16-6-5-7-17(8-16)31(27,28)23-10-14(3)30-15(4)11-23/h5-8,13-15H,9-12H2,1-4H3,(H2,21,22,24,26). The van der Waals surface area contributed by atoms with E-state index in [-0.39, 0.29) is 41.7 Å². The Morgan fingerprint density at radius 3 is 2.45 bits per heavy atom. The van der Waals surface area contributed by atoms with E-state index < -0.39 is 34.5 Å². The minimum Gasteiger partial charge on any atom is -0.452 e. The van der Waals surface area contributed by atoms with Crippen LogP contribution in [0.5, 0.6) is 0 Å². The SMILES string of the molecule is CC(C)CNC(=O)NC(=O)COC(=O)c1cccc(S(=O)(=O)N2CC(C)OC(C)C2)c1. The number of esters is 1. The average Bonchev–Trinajstić information content (AvgIpc) is 2.70. The highest BCUT2D eigenvalue weighted by Crippen LogP contribution is 2.22. The second-order valence-electron chi connectivity index (χ2n) is 7.84. The molecule has 0 aliphatic carbocycles. The van der Waals surface area contributed by atoms with Gasteiger partial charge < -0.3 is 14.8 Å². The van der Waals surface area contributed by atoms with Gasteiger partial charge in [-0.15, -0.1) is 0 Å². The minimum absolute atomic E-state index is 0.0208. The van der Waals surface area contributed by atoms with Crippen molar-refractivity contribution in [1.29, 1.82) is 0 Å². The van der Waals surface area contributed by atoms with E-state index in [1.54, 1.807) is 13.8 Å². The fourth-order valence-electron chi connectivity index (χ4n) is 2.98. The molecule has 0 bridgehead atoms. The number of carbonyl (C=O) groups is 3. The summed E-state index contributed by atoms with van der Waals surface area (Å²) in [6.45, 7) is 7.52. The van der Waals surface area contributed by atoms with Gasteiger partial charge in [0.25, 0.3) is 5.91 Å². The largest absolute Gasteiger partial charge is 0.452 e. The third kappa shape index (κ3) is 7.30. The summed E-state index contributed by atoms with van der Waals surface area (Å²) in [5, 5.41) is 4.55. The molecular formula is C20H29N3O7S. The number of urea groups is 1. The van der Waals surface area contributed by atoms with Crippen LogP contribution in [0, 0.1) is 5.92 Å². The lowest BCUT2D eigenvalue weighted by atomic mass is 10.2. The molecule has 172 valence electrons. The number of rotatable bonds is 7. The van der Waals surface area contributed by atoms with Crippen molar-refractivity contribution in [2.75, 3.05) is 26.2 Å². The lowest BCUT2D eigenvalue weighted by Crippen LogP contribution is -2.48.